The maximum absolute atomic E-state index is 12.2. The topological polar surface area (TPSA) is 90.5 Å². The van der Waals surface area contributed by atoms with Gasteiger partial charge in [-0.15, -0.1) is 0 Å². The molecule has 0 spiro atoms. The molecule has 0 saturated carbocycles. The van der Waals surface area contributed by atoms with Crippen LogP contribution in [0.1, 0.15) is 79.6 Å². The Labute approximate surface area is 216 Å². The lowest BCUT2D eigenvalue weighted by Crippen LogP contribution is -2.39. The molecular weight excluding hydrogens is 460 g/mol. The fourth-order valence-electron chi connectivity index (χ4n) is 4.68. The maximum atomic E-state index is 12.2. The van der Waals surface area contributed by atoms with E-state index >= 15 is 0 Å². The van der Waals surface area contributed by atoms with Crippen molar-refractivity contribution in [3.63, 3.8) is 0 Å². The molecule has 204 valence electrons. The van der Waals surface area contributed by atoms with Crippen LogP contribution in [-0.4, -0.2) is 89.4 Å². The van der Waals surface area contributed by atoms with Crippen LogP contribution in [0.25, 0.3) is 0 Å². The highest BCUT2D eigenvalue weighted by Crippen LogP contribution is 2.29. The van der Waals surface area contributed by atoms with Crippen molar-refractivity contribution in [2.24, 2.45) is 10.8 Å². The Morgan fingerprint density at radius 3 is 1.92 bits per heavy atom. The van der Waals surface area contributed by atoms with E-state index in [9.17, 15) is 19.2 Å². The number of nitrogens with zero attached hydrogens (tertiary/aromatic N) is 4. The lowest BCUT2D eigenvalue weighted by molar-refractivity contribution is -0.126. The molecule has 2 fully saturated rings. The molecule has 2 aliphatic rings. The Morgan fingerprint density at radius 2 is 1.39 bits per heavy atom. The monoisotopic (exact) mass is 506 g/mol. The van der Waals surface area contributed by atoms with Crippen molar-refractivity contribution in [2.45, 2.75) is 79.6 Å². The summed E-state index contributed by atoms with van der Waals surface area (Å²) in [5.74, 6) is -0.257. The number of hydrogen-bond acceptors (Lipinski definition) is 5. The third kappa shape index (κ3) is 8.61. The molecule has 0 aliphatic carbocycles. The van der Waals surface area contributed by atoms with Crippen molar-refractivity contribution in [3.8, 4) is 0 Å². The number of unbranched alkanes of at least 4 members (excludes halogenated alkanes) is 2. The van der Waals surface area contributed by atoms with Gasteiger partial charge in [0.15, 0.2) is 0 Å². The van der Waals surface area contributed by atoms with Crippen LogP contribution in [0.4, 0.5) is 9.59 Å². The van der Waals surface area contributed by atoms with E-state index in [-0.39, 0.29) is 47.8 Å². The molecule has 2 heterocycles. The number of rotatable bonds is 17. The Kier molecular flexibility index (Phi) is 10.9. The van der Waals surface area contributed by atoms with Gasteiger partial charge in [-0.05, 0) is 49.9 Å². The summed E-state index contributed by atoms with van der Waals surface area (Å²) in [6.45, 7) is 17.2. The summed E-state index contributed by atoms with van der Waals surface area (Å²) in [4.78, 5) is 54.3. The molecule has 36 heavy (non-hydrogen) atoms. The van der Waals surface area contributed by atoms with Crippen LogP contribution in [0.2, 0.25) is 0 Å². The number of amides is 6. The Hall–Kier alpha value is -2.42. The average molecular weight is 507 g/mol. The SMILES string of the molecule is C=CN1CC(=O)N(CC(C)(C)CCCCOCCCCC(C)(C)CCN2C(=O)CN(CC)C2=O)C1=O. The van der Waals surface area contributed by atoms with E-state index in [0.717, 1.165) is 51.6 Å². The van der Waals surface area contributed by atoms with Crippen molar-refractivity contribution < 1.29 is 23.9 Å². The molecular formula is C27H46N4O5. The molecule has 9 nitrogen and oxygen atoms in total. The number of likely N-dealkylation sites (N-methyl/N-ethyl adjacent to an activating group) is 1. The van der Waals surface area contributed by atoms with Crippen LogP contribution in [-0.2, 0) is 14.3 Å². The molecule has 9 heteroatoms. The van der Waals surface area contributed by atoms with E-state index in [1.165, 1.54) is 20.9 Å². The minimum absolute atomic E-state index is 0.0621. The van der Waals surface area contributed by atoms with Gasteiger partial charge in [-0.1, -0.05) is 47.1 Å². The second-order valence-corrected chi connectivity index (χ2v) is 11.5. The lowest BCUT2D eigenvalue weighted by Gasteiger charge is -2.29. The molecule has 2 rings (SSSR count). The predicted molar refractivity (Wildman–Crippen MR) is 139 cm³/mol. The van der Waals surface area contributed by atoms with Gasteiger partial charge in [0.1, 0.15) is 13.1 Å². The lowest BCUT2D eigenvalue weighted by atomic mass is 9.84. The predicted octanol–water partition coefficient (Wildman–Crippen LogP) is 4.48. The molecule has 0 bridgehead atoms. The number of hydrogen-bond donors (Lipinski definition) is 0. The van der Waals surface area contributed by atoms with Gasteiger partial charge in [0.25, 0.3) is 5.91 Å². The zero-order valence-electron chi connectivity index (χ0n) is 23.0. The summed E-state index contributed by atoms with van der Waals surface area (Å²) in [6.07, 6.45) is 8.10. The first-order valence-electron chi connectivity index (χ1n) is 13.3. The fourth-order valence-corrected chi connectivity index (χ4v) is 4.68. The molecule has 0 aromatic heterocycles. The minimum Gasteiger partial charge on any atom is -0.381 e. The highest BCUT2D eigenvalue weighted by Gasteiger charge is 2.38. The molecule has 0 aromatic carbocycles. The van der Waals surface area contributed by atoms with Gasteiger partial charge in [0, 0.05) is 39.0 Å². The summed E-state index contributed by atoms with van der Waals surface area (Å²) in [6, 6.07) is -0.441. The fraction of sp³-hybridized carbons (Fsp3) is 0.778. The van der Waals surface area contributed by atoms with Gasteiger partial charge in [-0.25, -0.2) is 9.59 Å². The molecule has 0 atom stereocenters. The van der Waals surface area contributed by atoms with E-state index < -0.39 is 0 Å². The van der Waals surface area contributed by atoms with Crippen molar-refractivity contribution in [1.82, 2.24) is 19.6 Å². The third-order valence-electron chi connectivity index (χ3n) is 7.20. The van der Waals surface area contributed by atoms with Crippen LogP contribution in [0.15, 0.2) is 12.8 Å². The quantitative estimate of drug-likeness (QED) is 0.214. The summed E-state index contributed by atoms with van der Waals surface area (Å²) in [5.41, 5.74) is -0.0835. The highest BCUT2D eigenvalue weighted by atomic mass is 16.5. The third-order valence-corrected chi connectivity index (χ3v) is 7.20. The summed E-state index contributed by atoms with van der Waals surface area (Å²) < 4.78 is 5.81. The van der Waals surface area contributed by atoms with E-state index in [1.807, 2.05) is 6.92 Å². The van der Waals surface area contributed by atoms with Crippen molar-refractivity contribution in [1.29, 1.82) is 0 Å². The smallest absolute Gasteiger partial charge is 0.331 e. The van der Waals surface area contributed by atoms with E-state index in [0.29, 0.717) is 26.2 Å². The highest BCUT2D eigenvalue weighted by molar-refractivity contribution is 6.02. The molecule has 2 aliphatic heterocycles. The second kappa shape index (κ2) is 13.2. The van der Waals surface area contributed by atoms with Gasteiger partial charge in [-0.3, -0.25) is 24.3 Å². The van der Waals surface area contributed by atoms with Crippen molar-refractivity contribution in [2.75, 3.05) is 45.9 Å². The normalized spacial score (nSPS) is 17.2. The zero-order valence-corrected chi connectivity index (χ0v) is 23.0. The maximum Gasteiger partial charge on any atom is 0.331 e. The summed E-state index contributed by atoms with van der Waals surface area (Å²) in [7, 11) is 0. The van der Waals surface area contributed by atoms with Crippen LogP contribution < -0.4 is 0 Å². The van der Waals surface area contributed by atoms with Crippen LogP contribution in [0.5, 0.6) is 0 Å². The van der Waals surface area contributed by atoms with Gasteiger partial charge in [-0.2, -0.15) is 0 Å². The molecule has 0 unspecified atom stereocenters. The molecule has 0 N–H and O–H groups in total. The first kappa shape index (κ1) is 29.8. The first-order chi connectivity index (χ1) is 16.9. The Morgan fingerprint density at radius 1 is 0.806 bits per heavy atom. The van der Waals surface area contributed by atoms with Gasteiger partial charge >= 0.3 is 12.1 Å². The first-order valence-corrected chi connectivity index (χ1v) is 13.3. The van der Waals surface area contributed by atoms with Crippen molar-refractivity contribution >= 4 is 23.9 Å². The van der Waals surface area contributed by atoms with E-state index in [4.69, 9.17) is 4.74 Å². The minimum atomic E-state index is -0.282. The zero-order chi connectivity index (χ0) is 26.9. The average Bonchev–Trinajstić information content (AvgIpc) is 3.24. The number of carbonyl (C=O) groups excluding carboxylic acids is 4. The van der Waals surface area contributed by atoms with E-state index in [1.54, 1.807) is 4.90 Å². The largest absolute Gasteiger partial charge is 0.381 e. The second-order valence-electron chi connectivity index (χ2n) is 11.5. The summed E-state index contributed by atoms with van der Waals surface area (Å²) in [5, 5.41) is 0. The number of imide groups is 2. The Balaban J connectivity index is 1.53. The molecule has 0 radical (unpaired) electrons. The number of ether oxygens (including phenoxy) is 1. The standard InChI is InChI=1S/C27H46N4O5/c1-7-28-19-22(32)30(24(28)34)16-15-26(3,4)13-9-11-17-36-18-12-10-14-27(5,6)21-31-23(33)20-29(8-2)25(31)35/h8H,2,7,9-21H2,1,3-6H3. The van der Waals surface area contributed by atoms with Gasteiger partial charge in [0.05, 0.1) is 0 Å². The van der Waals surface area contributed by atoms with Gasteiger partial charge in [0.2, 0.25) is 5.91 Å². The van der Waals surface area contributed by atoms with Crippen LogP contribution in [0.3, 0.4) is 0 Å². The van der Waals surface area contributed by atoms with Gasteiger partial charge < -0.3 is 9.64 Å². The molecule has 2 saturated heterocycles. The molecule has 6 amide bonds. The van der Waals surface area contributed by atoms with Crippen molar-refractivity contribution in [3.05, 3.63) is 12.8 Å². The number of carbonyl (C=O) groups is 4. The number of urea groups is 2. The molecule has 0 aromatic rings. The van der Waals surface area contributed by atoms with E-state index in [2.05, 4.69) is 34.3 Å². The van der Waals surface area contributed by atoms with Crippen LogP contribution in [0, 0.1) is 10.8 Å². The van der Waals surface area contributed by atoms with Crippen LogP contribution >= 0.6 is 0 Å². The summed E-state index contributed by atoms with van der Waals surface area (Å²) >= 11 is 0. The Bertz CT molecular complexity index is 810.